The lowest BCUT2D eigenvalue weighted by atomic mass is 10.1. The summed E-state index contributed by atoms with van der Waals surface area (Å²) in [6, 6.07) is 19.0. The van der Waals surface area contributed by atoms with Gasteiger partial charge in [-0.25, -0.2) is 0 Å². The van der Waals surface area contributed by atoms with Gasteiger partial charge in [-0.3, -0.25) is 18.9 Å². The summed E-state index contributed by atoms with van der Waals surface area (Å²) in [5.41, 5.74) is 4.45. The third-order valence-electron chi connectivity index (χ3n) is 5.88. The zero-order valence-corrected chi connectivity index (χ0v) is 21.7. The molecule has 1 aliphatic heterocycles. The Morgan fingerprint density at radius 1 is 1.00 bits per heavy atom. The Kier molecular flexibility index (Phi) is 6.47. The van der Waals surface area contributed by atoms with Crippen LogP contribution in [0.3, 0.4) is 0 Å². The Bertz CT molecular complexity index is 1610. The minimum atomic E-state index is -0.329. The molecule has 0 unspecified atom stereocenters. The van der Waals surface area contributed by atoms with Crippen LogP contribution in [0.5, 0.6) is 11.6 Å². The molecular formula is C28H23N3O3S2. The van der Waals surface area contributed by atoms with Crippen molar-refractivity contribution < 1.29 is 9.53 Å². The van der Waals surface area contributed by atoms with E-state index in [9.17, 15) is 9.59 Å². The topological polar surface area (TPSA) is 63.9 Å². The van der Waals surface area contributed by atoms with Gasteiger partial charge >= 0.3 is 0 Å². The van der Waals surface area contributed by atoms with Crippen LogP contribution in [0.25, 0.3) is 11.7 Å². The van der Waals surface area contributed by atoms with Crippen LogP contribution in [-0.2, 0) is 11.3 Å². The Balaban J connectivity index is 1.56. The molecule has 0 N–H and O–H groups in total. The lowest BCUT2D eigenvalue weighted by molar-refractivity contribution is -0.122. The highest BCUT2D eigenvalue weighted by Gasteiger charge is 2.33. The molecule has 36 heavy (non-hydrogen) atoms. The van der Waals surface area contributed by atoms with E-state index in [-0.39, 0.29) is 22.9 Å². The van der Waals surface area contributed by atoms with Crippen LogP contribution < -0.4 is 10.3 Å². The number of carbonyl (C=O) groups excluding carboxylic acids is 1. The van der Waals surface area contributed by atoms with Crippen LogP contribution >= 0.6 is 24.0 Å². The normalized spacial score (nSPS) is 14.8. The van der Waals surface area contributed by atoms with E-state index in [0.717, 1.165) is 22.3 Å². The molecule has 1 fully saturated rings. The van der Waals surface area contributed by atoms with Gasteiger partial charge in [0.05, 0.1) is 11.4 Å². The molecule has 0 aliphatic carbocycles. The highest BCUT2D eigenvalue weighted by Crippen LogP contribution is 2.35. The number of nitrogens with zero attached hydrogens (tertiary/aromatic N) is 3. The number of rotatable bonds is 5. The van der Waals surface area contributed by atoms with E-state index >= 15 is 0 Å². The number of benzene rings is 2. The molecule has 6 nitrogen and oxygen atoms in total. The number of ether oxygens (including phenoxy) is 1. The number of amides is 1. The second kappa shape index (κ2) is 9.72. The summed E-state index contributed by atoms with van der Waals surface area (Å²) in [5, 5.41) is 0. The van der Waals surface area contributed by atoms with Crippen LogP contribution in [0.2, 0.25) is 0 Å². The van der Waals surface area contributed by atoms with Crippen molar-refractivity contribution in [2.75, 3.05) is 0 Å². The molecule has 2 aromatic carbocycles. The molecule has 1 amide bonds. The van der Waals surface area contributed by atoms with E-state index in [1.54, 1.807) is 35.4 Å². The standard InChI is InChI=1S/C28H23N3O3S2/c1-17-7-10-20(11-8-17)16-31-27(33)23(36-28(31)35)15-21-25(34-22-12-9-18(2)14-19(22)3)29-24-6-4-5-13-30(24)26(21)32/h4-15H,16H2,1-3H3/b23-15+. The van der Waals surface area contributed by atoms with E-state index in [4.69, 9.17) is 17.0 Å². The van der Waals surface area contributed by atoms with Crippen molar-refractivity contribution in [3.8, 4) is 11.6 Å². The fraction of sp³-hybridized carbons (Fsp3) is 0.143. The molecule has 0 bridgehead atoms. The first-order valence-corrected chi connectivity index (χ1v) is 12.6. The van der Waals surface area contributed by atoms with Crippen molar-refractivity contribution in [2.45, 2.75) is 27.3 Å². The van der Waals surface area contributed by atoms with Crippen LogP contribution in [-0.4, -0.2) is 24.5 Å². The maximum atomic E-state index is 13.5. The second-order valence-electron chi connectivity index (χ2n) is 8.69. The maximum Gasteiger partial charge on any atom is 0.269 e. The number of aromatic nitrogens is 2. The minimum Gasteiger partial charge on any atom is -0.438 e. The number of thioether (sulfide) groups is 1. The molecule has 0 saturated carbocycles. The number of carbonyl (C=O) groups is 1. The lowest BCUT2D eigenvalue weighted by Gasteiger charge is -2.14. The van der Waals surface area contributed by atoms with E-state index in [0.29, 0.717) is 27.2 Å². The Hall–Kier alpha value is -3.75. The van der Waals surface area contributed by atoms with Gasteiger partial charge < -0.3 is 4.74 Å². The van der Waals surface area contributed by atoms with Crippen LogP contribution in [0.1, 0.15) is 27.8 Å². The van der Waals surface area contributed by atoms with Crippen molar-refractivity contribution in [2.24, 2.45) is 0 Å². The molecule has 180 valence electrons. The summed E-state index contributed by atoms with van der Waals surface area (Å²) in [7, 11) is 0. The first-order valence-electron chi connectivity index (χ1n) is 11.4. The van der Waals surface area contributed by atoms with Crippen molar-refractivity contribution in [1.82, 2.24) is 14.3 Å². The van der Waals surface area contributed by atoms with E-state index in [1.807, 2.05) is 63.2 Å². The van der Waals surface area contributed by atoms with E-state index < -0.39 is 0 Å². The molecule has 8 heteroatoms. The first-order chi connectivity index (χ1) is 17.3. The van der Waals surface area contributed by atoms with Gasteiger partial charge in [0.25, 0.3) is 11.5 Å². The number of pyridine rings is 1. The summed E-state index contributed by atoms with van der Waals surface area (Å²) in [5.74, 6) is 0.483. The van der Waals surface area contributed by atoms with Gasteiger partial charge in [-0.1, -0.05) is 77.6 Å². The maximum absolute atomic E-state index is 13.5. The quantitative estimate of drug-likeness (QED) is 0.248. The third kappa shape index (κ3) is 4.69. The van der Waals surface area contributed by atoms with Gasteiger partial charge in [-0.15, -0.1) is 0 Å². The smallest absolute Gasteiger partial charge is 0.269 e. The molecular weight excluding hydrogens is 490 g/mol. The molecule has 0 radical (unpaired) electrons. The molecule has 4 aromatic rings. The number of thiocarbonyl (C=S) groups is 1. The summed E-state index contributed by atoms with van der Waals surface area (Å²) >= 11 is 6.68. The highest BCUT2D eigenvalue weighted by molar-refractivity contribution is 8.26. The zero-order valence-electron chi connectivity index (χ0n) is 20.0. The number of aryl methyl sites for hydroxylation is 3. The first kappa shape index (κ1) is 24.0. The summed E-state index contributed by atoms with van der Waals surface area (Å²) in [6.07, 6.45) is 3.19. The van der Waals surface area contributed by atoms with Crippen molar-refractivity contribution in [3.63, 3.8) is 0 Å². The summed E-state index contributed by atoms with van der Waals surface area (Å²) in [6.45, 7) is 6.32. The van der Waals surface area contributed by atoms with Crippen LogP contribution in [0, 0.1) is 20.8 Å². The van der Waals surface area contributed by atoms with Crippen molar-refractivity contribution in [3.05, 3.63) is 110 Å². The Labute approximate surface area is 218 Å². The van der Waals surface area contributed by atoms with E-state index in [2.05, 4.69) is 4.98 Å². The lowest BCUT2D eigenvalue weighted by Crippen LogP contribution is -2.27. The van der Waals surface area contributed by atoms with Crippen LogP contribution in [0.15, 0.2) is 76.6 Å². The largest absolute Gasteiger partial charge is 0.438 e. The number of hydrogen-bond donors (Lipinski definition) is 0. The number of hydrogen-bond acceptors (Lipinski definition) is 6. The molecule has 3 heterocycles. The highest BCUT2D eigenvalue weighted by atomic mass is 32.2. The van der Waals surface area contributed by atoms with Gasteiger partial charge in [0, 0.05) is 6.20 Å². The molecule has 1 aliphatic rings. The van der Waals surface area contributed by atoms with Crippen molar-refractivity contribution >= 4 is 45.9 Å². The predicted molar refractivity (Wildman–Crippen MR) is 147 cm³/mol. The molecule has 1 saturated heterocycles. The minimum absolute atomic E-state index is 0.141. The fourth-order valence-electron chi connectivity index (χ4n) is 3.95. The molecule has 0 spiro atoms. The average molecular weight is 514 g/mol. The fourth-order valence-corrected chi connectivity index (χ4v) is 5.18. The van der Waals surface area contributed by atoms with E-state index in [1.165, 1.54) is 16.2 Å². The van der Waals surface area contributed by atoms with Gasteiger partial charge in [0.2, 0.25) is 5.88 Å². The summed E-state index contributed by atoms with van der Waals surface area (Å²) < 4.78 is 8.03. The third-order valence-corrected chi connectivity index (χ3v) is 7.26. The Morgan fingerprint density at radius 3 is 2.50 bits per heavy atom. The van der Waals surface area contributed by atoms with Crippen molar-refractivity contribution in [1.29, 1.82) is 0 Å². The molecule has 2 aromatic heterocycles. The average Bonchev–Trinajstić information content (AvgIpc) is 3.12. The monoisotopic (exact) mass is 513 g/mol. The van der Waals surface area contributed by atoms with Gasteiger partial charge in [0.1, 0.15) is 21.3 Å². The Morgan fingerprint density at radius 2 is 1.75 bits per heavy atom. The number of fused-ring (bicyclic) bond motifs is 1. The van der Waals surface area contributed by atoms with Gasteiger partial charge in [0.15, 0.2) is 0 Å². The zero-order chi connectivity index (χ0) is 25.4. The SMILES string of the molecule is Cc1ccc(CN2C(=O)/C(=C\c3c(Oc4ccc(C)cc4C)nc4ccccn4c3=O)SC2=S)cc1. The van der Waals surface area contributed by atoms with Gasteiger partial charge in [-0.2, -0.15) is 4.98 Å². The molecule has 0 atom stereocenters. The summed E-state index contributed by atoms with van der Waals surface area (Å²) in [4.78, 5) is 33.3. The predicted octanol–water partition coefficient (Wildman–Crippen LogP) is 5.81. The van der Waals surface area contributed by atoms with Gasteiger partial charge in [-0.05, 0) is 56.2 Å². The van der Waals surface area contributed by atoms with Crippen LogP contribution in [0.4, 0.5) is 0 Å². The second-order valence-corrected chi connectivity index (χ2v) is 10.4. The molecule has 5 rings (SSSR count).